The van der Waals surface area contributed by atoms with Gasteiger partial charge in [0.05, 0.1) is 11.4 Å². The van der Waals surface area contributed by atoms with Gasteiger partial charge in [-0.15, -0.1) is 0 Å². The molecule has 2 aliphatic rings. The van der Waals surface area contributed by atoms with Crippen molar-refractivity contribution in [2.45, 2.75) is 19.4 Å². The van der Waals surface area contributed by atoms with Crippen LogP contribution in [0.25, 0.3) is 5.69 Å². The quantitative estimate of drug-likeness (QED) is 0.935. The van der Waals surface area contributed by atoms with E-state index in [9.17, 15) is 0 Å². The van der Waals surface area contributed by atoms with Crippen molar-refractivity contribution in [3.63, 3.8) is 0 Å². The number of rotatable bonds is 3. The fourth-order valence-electron chi connectivity index (χ4n) is 3.79. The molecule has 3 heterocycles. The zero-order valence-corrected chi connectivity index (χ0v) is 12.3. The second-order valence-corrected chi connectivity index (χ2v) is 6.46. The van der Waals surface area contributed by atoms with Crippen molar-refractivity contribution >= 4 is 0 Å². The third-order valence-corrected chi connectivity index (χ3v) is 4.96. The average Bonchev–Trinajstić information content (AvgIpc) is 3.24. The third kappa shape index (κ3) is 2.49. The van der Waals surface area contributed by atoms with Gasteiger partial charge in [0.15, 0.2) is 0 Å². The highest BCUT2D eigenvalue weighted by molar-refractivity contribution is 5.32. The molecule has 21 heavy (non-hydrogen) atoms. The van der Waals surface area contributed by atoms with Crippen LogP contribution in [0, 0.1) is 5.41 Å². The summed E-state index contributed by atoms with van der Waals surface area (Å²) in [6.07, 6.45) is 4.58. The second kappa shape index (κ2) is 5.28. The maximum atomic E-state index is 4.50. The molecule has 1 spiro atoms. The Morgan fingerprint density at radius 1 is 1.14 bits per heavy atom. The Labute approximate surface area is 125 Å². The van der Waals surface area contributed by atoms with Gasteiger partial charge in [0, 0.05) is 25.8 Å². The monoisotopic (exact) mass is 282 g/mol. The molecule has 2 aromatic rings. The van der Waals surface area contributed by atoms with E-state index < -0.39 is 0 Å². The molecule has 0 aliphatic carbocycles. The fraction of sp³-hybridized carbons (Fsp3) is 0.471. The normalized spacial score (nSPS) is 25.9. The molecule has 4 rings (SSSR count). The summed E-state index contributed by atoms with van der Waals surface area (Å²) in [5.74, 6) is 0. The van der Waals surface area contributed by atoms with Gasteiger partial charge in [0.2, 0.25) is 0 Å². The topological polar surface area (TPSA) is 33.1 Å². The zero-order chi connectivity index (χ0) is 14.1. The van der Waals surface area contributed by atoms with Crippen molar-refractivity contribution < 1.29 is 0 Å². The first-order chi connectivity index (χ1) is 10.3. The van der Waals surface area contributed by atoms with Crippen molar-refractivity contribution in [3.8, 4) is 5.69 Å². The summed E-state index contributed by atoms with van der Waals surface area (Å²) in [5, 5.41) is 8.02. The highest BCUT2D eigenvalue weighted by Gasteiger charge is 2.40. The number of aromatic nitrogens is 2. The van der Waals surface area contributed by atoms with Gasteiger partial charge < -0.3 is 5.32 Å². The zero-order valence-electron chi connectivity index (χ0n) is 12.3. The molecule has 110 valence electrons. The van der Waals surface area contributed by atoms with Crippen LogP contribution in [0.4, 0.5) is 0 Å². The summed E-state index contributed by atoms with van der Waals surface area (Å²) in [6, 6.07) is 12.5. The average molecular weight is 282 g/mol. The van der Waals surface area contributed by atoms with E-state index in [1.54, 1.807) is 0 Å². The molecule has 1 aromatic carbocycles. The number of nitrogens with zero attached hydrogens (tertiary/aromatic N) is 3. The summed E-state index contributed by atoms with van der Waals surface area (Å²) in [7, 11) is 0. The van der Waals surface area contributed by atoms with Crippen LogP contribution >= 0.6 is 0 Å². The summed E-state index contributed by atoms with van der Waals surface area (Å²) < 4.78 is 2.07. The van der Waals surface area contributed by atoms with Crippen LogP contribution in [0.3, 0.4) is 0 Å². The maximum absolute atomic E-state index is 4.50. The number of nitrogens with one attached hydrogen (secondary N) is 1. The van der Waals surface area contributed by atoms with Crippen LogP contribution in [0.2, 0.25) is 0 Å². The van der Waals surface area contributed by atoms with Crippen molar-refractivity contribution in [3.05, 3.63) is 48.3 Å². The SMILES string of the molecule is c1ccc(-n2nccc2CN2CCC3(CCNC3)C2)cc1. The first kappa shape index (κ1) is 13.0. The van der Waals surface area contributed by atoms with E-state index in [0.29, 0.717) is 5.41 Å². The summed E-state index contributed by atoms with van der Waals surface area (Å²) in [5.41, 5.74) is 2.97. The number of likely N-dealkylation sites (tertiary alicyclic amines) is 1. The molecule has 0 amide bonds. The maximum Gasteiger partial charge on any atom is 0.0649 e. The molecule has 1 aromatic heterocycles. The van der Waals surface area contributed by atoms with E-state index in [1.807, 2.05) is 12.3 Å². The van der Waals surface area contributed by atoms with Gasteiger partial charge in [0.25, 0.3) is 0 Å². The lowest BCUT2D eigenvalue weighted by Gasteiger charge is -2.23. The summed E-state index contributed by atoms with van der Waals surface area (Å²) in [4.78, 5) is 2.59. The van der Waals surface area contributed by atoms with Gasteiger partial charge in [-0.2, -0.15) is 5.10 Å². The number of hydrogen-bond acceptors (Lipinski definition) is 3. The molecule has 4 heteroatoms. The first-order valence-electron chi connectivity index (χ1n) is 7.86. The largest absolute Gasteiger partial charge is 0.316 e. The fourth-order valence-corrected chi connectivity index (χ4v) is 3.79. The minimum absolute atomic E-state index is 0.539. The number of benzene rings is 1. The van der Waals surface area contributed by atoms with E-state index in [4.69, 9.17) is 0 Å². The summed E-state index contributed by atoms with van der Waals surface area (Å²) in [6.45, 7) is 5.81. The van der Waals surface area contributed by atoms with Crippen LogP contribution in [-0.2, 0) is 6.54 Å². The van der Waals surface area contributed by atoms with Gasteiger partial charge in [-0.3, -0.25) is 4.90 Å². The van der Waals surface area contributed by atoms with Crippen molar-refractivity contribution in [2.75, 3.05) is 26.2 Å². The molecule has 0 bridgehead atoms. The molecular formula is C17H22N4. The molecule has 2 aliphatic heterocycles. The second-order valence-electron chi connectivity index (χ2n) is 6.46. The van der Waals surface area contributed by atoms with Gasteiger partial charge in [-0.25, -0.2) is 4.68 Å². The van der Waals surface area contributed by atoms with Crippen LogP contribution in [0.5, 0.6) is 0 Å². The predicted molar refractivity (Wildman–Crippen MR) is 83.4 cm³/mol. The van der Waals surface area contributed by atoms with E-state index in [1.165, 1.54) is 44.7 Å². The molecule has 4 nitrogen and oxygen atoms in total. The smallest absolute Gasteiger partial charge is 0.0649 e. The third-order valence-electron chi connectivity index (χ3n) is 4.96. The minimum atomic E-state index is 0.539. The lowest BCUT2D eigenvalue weighted by molar-refractivity contribution is 0.265. The van der Waals surface area contributed by atoms with Crippen molar-refractivity contribution in [1.82, 2.24) is 20.0 Å². The van der Waals surface area contributed by atoms with E-state index >= 15 is 0 Å². The Hall–Kier alpha value is -1.65. The Kier molecular flexibility index (Phi) is 3.28. The van der Waals surface area contributed by atoms with Crippen molar-refractivity contribution in [2.24, 2.45) is 5.41 Å². The Morgan fingerprint density at radius 2 is 2.05 bits per heavy atom. The van der Waals surface area contributed by atoms with Crippen LogP contribution in [0.1, 0.15) is 18.5 Å². The Balaban J connectivity index is 1.50. The predicted octanol–water partition coefficient (Wildman–Crippen LogP) is 2.06. The molecule has 1 atom stereocenters. The van der Waals surface area contributed by atoms with Gasteiger partial charge in [0.1, 0.15) is 0 Å². The number of hydrogen-bond donors (Lipinski definition) is 1. The number of para-hydroxylation sites is 1. The van der Waals surface area contributed by atoms with Gasteiger partial charge >= 0.3 is 0 Å². The van der Waals surface area contributed by atoms with E-state index in [-0.39, 0.29) is 0 Å². The minimum Gasteiger partial charge on any atom is -0.316 e. The van der Waals surface area contributed by atoms with Gasteiger partial charge in [-0.05, 0) is 49.5 Å². The molecular weight excluding hydrogens is 260 g/mol. The lowest BCUT2D eigenvalue weighted by Crippen LogP contribution is -2.29. The molecule has 1 N–H and O–H groups in total. The molecule has 1 unspecified atom stereocenters. The Bertz CT molecular complexity index is 598. The van der Waals surface area contributed by atoms with E-state index in [2.05, 4.69) is 50.3 Å². The molecule has 2 fully saturated rings. The van der Waals surface area contributed by atoms with Gasteiger partial charge in [-0.1, -0.05) is 18.2 Å². The standard InChI is InChI=1S/C17H22N4/c1-2-4-15(5-3-1)21-16(6-9-19-21)12-20-11-8-17(14-20)7-10-18-13-17/h1-6,9,18H,7-8,10-14H2. The van der Waals surface area contributed by atoms with Crippen LogP contribution in [0.15, 0.2) is 42.6 Å². The highest BCUT2D eigenvalue weighted by Crippen LogP contribution is 2.36. The first-order valence-corrected chi connectivity index (χ1v) is 7.86. The molecule has 2 saturated heterocycles. The lowest BCUT2D eigenvalue weighted by atomic mass is 9.87. The summed E-state index contributed by atoms with van der Waals surface area (Å²) >= 11 is 0. The Morgan fingerprint density at radius 3 is 2.86 bits per heavy atom. The van der Waals surface area contributed by atoms with Crippen LogP contribution in [-0.4, -0.2) is 40.9 Å². The molecule has 0 radical (unpaired) electrons. The van der Waals surface area contributed by atoms with Crippen LogP contribution < -0.4 is 5.32 Å². The van der Waals surface area contributed by atoms with E-state index in [0.717, 1.165) is 12.2 Å². The highest BCUT2D eigenvalue weighted by atomic mass is 15.3. The molecule has 0 saturated carbocycles. The van der Waals surface area contributed by atoms with Crippen molar-refractivity contribution in [1.29, 1.82) is 0 Å².